The van der Waals surface area contributed by atoms with Gasteiger partial charge in [-0.15, -0.1) is 0 Å². The lowest BCUT2D eigenvalue weighted by atomic mass is 10.2. The van der Waals surface area contributed by atoms with Crippen molar-refractivity contribution < 1.29 is 24.7 Å². The number of halogens is 1. The Labute approximate surface area is 111 Å². The number of pyridine rings is 1. The zero-order valence-electron chi connectivity index (χ0n) is 9.24. The zero-order valence-corrected chi connectivity index (χ0v) is 9.99. The van der Waals surface area contributed by atoms with Gasteiger partial charge in [-0.3, -0.25) is 14.9 Å². The lowest BCUT2D eigenvalue weighted by Crippen LogP contribution is -2.43. The van der Waals surface area contributed by atoms with Crippen LogP contribution in [0.15, 0.2) is 12.3 Å². The number of nitrogens with one attached hydrogen (secondary N) is 1. The van der Waals surface area contributed by atoms with Crippen LogP contribution < -0.4 is 5.32 Å². The second-order valence-corrected chi connectivity index (χ2v) is 3.72. The van der Waals surface area contributed by atoms with Gasteiger partial charge in [-0.25, -0.2) is 9.78 Å². The van der Waals surface area contributed by atoms with Gasteiger partial charge in [0.15, 0.2) is 6.04 Å². The molecule has 1 aromatic heterocycles. The summed E-state index contributed by atoms with van der Waals surface area (Å²) in [5.74, 6) is -2.52. The molecular formula is C9H8ClN3O6. The van der Waals surface area contributed by atoms with E-state index in [-0.39, 0.29) is 5.15 Å². The van der Waals surface area contributed by atoms with Gasteiger partial charge in [0.25, 0.3) is 11.6 Å². The lowest BCUT2D eigenvalue weighted by molar-refractivity contribution is -0.385. The monoisotopic (exact) mass is 289 g/mol. The van der Waals surface area contributed by atoms with Gasteiger partial charge in [0.2, 0.25) is 0 Å². The van der Waals surface area contributed by atoms with Gasteiger partial charge in [0.05, 0.1) is 11.5 Å². The van der Waals surface area contributed by atoms with Crippen LogP contribution in [-0.2, 0) is 4.79 Å². The lowest BCUT2D eigenvalue weighted by Gasteiger charge is -2.11. The Morgan fingerprint density at radius 3 is 2.68 bits per heavy atom. The molecule has 0 aromatic carbocycles. The van der Waals surface area contributed by atoms with Crippen LogP contribution in [0.3, 0.4) is 0 Å². The number of hydrogen-bond acceptors (Lipinski definition) is 6. The summed E-state index contributed by atoms with van der Waals surface area (Å²) in [6, 6.07) is -0.635. The van der Waals surface area contributed by atoms with Crippen molar-refractivity contribution in [3.8, 4) is 0 Å². The number of aliphatic hydroxyl groups excluding tert-OH is 1. The Morgan fingerprint density at radius 2 is 2.21 bits per heavy atom. The van der Waals surface area contributed by atoms with Crippen molar-refractivity contribution in [1.82, 2.24) is 10.3 Å². The second-order valence-electron chi connectivity index (χ2n) is 3.33. The first-order valence-electron chi connectivity index (χ1n) is 4.81. The number of nitro groups is 1. The molecule has 1 amide bonds. The van der Waals surface area contributed by atoms with Crippen LogP contribution >= 0.6 is 11.6 Å². The first-order valence-corrected chi connectivity index (χ1v) is 5.19. The van der Waals surface area contributed by atoms with Gasteiger partial charge in [-0.2, -0.15) is 0 Å². The molecule has 0 bridgehead atoms. The number of amides is 1. The summed E-state index contributed by atoms with van der Waals surface area (Å²) in [4.78, 5) is 35.7. The summed E-state index contributed by atoms with van der Waals surface area (Å²) in [6.45, 7) is -0.853. The molecule has 0 fully saturated rings. The number of nitrogens with zero attached hydrogens (tertiary/aromatic N) is 2. The third kappa shape index (κ3) is 3.60. The second kappa shape index (κ2) is 6.07. The summed E-state index contributed by atoms with van der Waals surface area (Å²) in [7, 11) is 0. The maximum atomic E-state index is 11.7. The Hall–Kier alpha value is -2.26. The molecule has 0 unspecified atom stereocenters. The average Bonchev–Trinajstić information content (AvgIpc) is 2.34. The van der Waals surface area contributed by atoms with Crippen LogP contribution in [0.5, 0.6) is 0 Å². The van der Waals surface area contributed by atoms with Gasteiger partial charge in [0, 0.05) is 0 Å². The predicted octanol–water partition coefficient (Wildman–Crippen LogP) is -0.182. The Balaban J connectivity index is 3.08. The fraction of sp³-hybridized carbons (Fsp3) is 0.222. The van der Waals surface area contributed by atoms with E-state index in [1.54, 1.807) is 0 Å². The molecule has 0 aliphatic carbocycles. The van der Waals surface area contributed by atoms with Crippen LogP contribution in [0.25, 0.3) is 0 Å². The molecule has 0 aliphatic heterocycles. The smallest absolute Gasteiger partial charge is 0.328 e. The minimum absolute atomic E-state index is 0.161. The fourth-order valence-corrected chi connectivity index (χ4v) is 1.33. The molecule has 1 atom stereocenters. The SMILES string of the molecule is O=C(N[C@H](CO)C(=O)O)c1cc(Cl)ncc1[N+](=O)[O-]. The zero-order chi connectivity index (χ0) is 14.6. The Morgan fingerprint density at radius 1 is 1.58 bits per heavy atom. The third-order valence-electron chi connectivity index (χ3n) is 2.08. The maximum absolute atomic E-state index is 11.7. The molecule has 102 valence electrons. The van der Waals surface area contributed by atoms with Crippen molar-refractivity contribution in [2.24, 2.45) is 0 Å². The minimum Gasteiger partial charge on any atom is -0.480 e. The topological polar surface area (TPSA) is 143 Å². The van der Waals surface area contributed by atoms with E-state index in [0.717, 1.165) is 12.3 Å². The standard InChI is InChI=1S/C9H8ClN3O6/c10-7-1-4(6(2-11-7)13(18)19)8(15)12-5(3-14)9(16)17/h1-2,5,14H,3H2,(H,12,15)(H,16,17)/t5-/m1/s1. The van der Waals surface area contributed by atoms with E-state index in [2.05, 4.69) is 4.98 Å². The van der Waals surface area contributed by atoms with E-state index < -0.39 is 40.7 Å². The van der Waals surface area contributed by atoms with Crippen molar-refractivity contribution in [2.45, 2.75) is 6.04 Å². The van der Waals surface area contributed by atoms with E-state index in [1.165, 1.54) is 0 Å². The first-order chi connectivity index (χ1) is 8.86. The summed E-state index contributed by atoms with van der Waals surface area (Å²) in [5, 5.41) is 29.9. The van der Waals surface area contributed by atoms with Crippen molar-refractivity contribution in [1.29, 1.82) is 0 Å². The van der Waals surface area contributed by atoms with E-state index in [1.807, 2.05) is 5.32 Å². The predicted molar refractivity (Wildman–Crippen MR) is 61.9 cm³/mol. The Bertz CT molecular complexity index is 535. The number of carboxylic acid groups (broad SMARTS) is 1. The summed E-state index contributed by atoms with van der Waals surface area (Å²) < 4.78 is 0. The van der Waals surface area contributed by atoms with Crippen molar-refractivity contribution >= 4 is 29.2 Å². The average molecular weight is 290 g/mol. The third-order valence-corrected chi connectivity index (χ3v) is 2.28. The molecule has 10 heteroatoms. The Kier molecular flexibility index (Phi) is 4.73. The van der Waals surface area contributed by atoms with Gasteiger partial charge >= 0.3 is 5.97 Å². The summed E-state index contributed by atoms with van der Waals surface area (Å²) in [6.07, 6.45) is 0.784. The van der Waals surface area contributed by atoms with Crippen LogP contribution in [0.2, 0.25) is 5.15 Å². The number of hydrogen-bond donors (Lipinski definition) is 3. The number of rotatable bonds is 5. The highest BCUT2D eigenvalue weighted by Gasteiger charge is 2.25. The summed E-state index contributed by atoms with van der Waals surface area (Å²) >= 11 is 5.52. The highest BCUT2D eigenvalue weighted by Crippen LogP contribution is 2.20. The van der Waals surface area contributed by atoms with E-state index >= 15 is 0 Å². The molecule has 1 rings (SSSR count). The maximum Gasteiger partial charge on any atom is 0.328 e. The molecule has 0 spiro atoms. The molecule has 19 heavy (non-hydrogen) atoms. The molecule has 0 aliphatic rings. The fourth-order valence-electron chi connectivity index (χ4n) is 1.17. The van der Waals surface area contributed by atoms with Crippen molar-refractivity contribution in [3.63, 3.8) is 0 Å². The largest absolute Gasteiger partial charge is 0.480 e. The van der Waals surface area contributed by atoms with Crippen molar-refractivity contribution in [3.05, 3.63) is 33.1 Å². The number of carbonyl (C=O) groups excluding carboxylic acids is 1. The molecule has 9 nitrogen and oxygen atoms in total. The molecule has 1 heterocycles. The normalized spacial score (nSPS) is 11.7. The molecule has 1 aromatic rings. The molecule has 0 saturated carbocycles. The van der Waals surface area contributed by atoms with Crippen LogP contribution in [0, 0.1) is 10.1 Å². The van der Waals surface area contributed by atoms with Crippen LogP contribution in [-0.4, -0.2) is 44.6 Å². The number of carbonyl (C=O) groups is 2. The first kappa shape index (κ1) is 14.8. The highest BCUT2D eigenvalue weighted by molar-refractivity contribution is 6.29. The number of aliphatic hydroxyl groups is 1. The van der Waals surface area contributed by atoms with Crippen LogP contribution in [0.1, 0.15) is 10.4 Å². The van der Waals surface area contributed by atoms with E-state index in [9.17, 15) is 19.7 Å². The molecule has 3 N–H and O–H groups in total. The minimum atomic E-state index is -1.57. The van der Waals surface area contributed by atoms with Gasteiger partial charge in [0.1, 0.15) is 16.9 Å². The van der Waals surface area contributed by atoms with Gasteiger partial charge in [-0.1, -0.05) is 11.6 Å². The number of aromatic nitrogens is 1. The quantitative estimate of drug-likeness (QED) is 0.387. The van der Waals surface area contributed by atoms with Crippen molar-refractivity contribution in [2.75, 3.05) is 6.61 Å². The van der Waals surface area contributed by atoms with E-state index in [4.69, 9.17) is 21.8 Å². The number of aliphatic carboxylic acids is 1. The summed E-state index contributed by atoms with van der Waals surface area (Å²) in [5.41, 5.74) is -1.06. The van der Waals surface area contributed by atoms with E-state index in [0.29, 0.717) is 0 Å². The van der Waals surface area contributed by atoms with Gasteiger partial charge in [-0.05, 0) is 6.07 Å². The molecular weight excluding hydrogens is 282 g/mol. The molecule has 0 saturated heterocycles. The number of carboxylic acids is 1. The van der Waals surface area contributed by atoms with Crippen LogP contribution in [0.4, 0.5) is 5.69 Å². The highest BCUT2D eigenvalue weighted by atomic mass is 35.5. The molecule has 0 radical (unpaired) electrons. The van der Waals surface area contributed by atoms with Gasteiger partial charge < -0.3 is 15.5 Å².